The molecular formula is C9H21N3O. The molecule has 1 aliphatic heterocycles. The van der Waals surface area contributed by atoms with E-state index in [1.807, 2.05) is 18.7 Å². The molecule has 4 heteroatoms. The minimum Gasteiger partial charge on any atom is -0.341 e. The van der Waals surface area contributed by atoms with Gasteiger partial charge in [0.15, 0.2) is 0 Å². The zero-order chi connectivity index (χ0) is 10.3. The second-order valence-corrected chi connectivity index (χ2v) is 2.85. The van der Waals surface area contributed by atoms with Crippen molar-refractivity contribution in [2.24, 2.45) is 0 Å². The van der Waals surface area contributed by atoms with Crippen molar-refractivity contribution in [2.45, 2.75) is 13.8 Å². The van der Waals surface area contributed by atoms with Crippen LogP contribution in [0.1, 0.15) is 13.8 Å². The highest BCUT2D eigenvalue weighted by Crippen LogP contribution is 1.98. The maximum atomic E-state index is 11.1. The summed E-state index contributed by atoms with van der Waals surface area (Å²) in [4.78, 5) is 15.1. The fourth-order valence-electron chi connectivity index (χ4n) is 1.17. The predicted octanol–water partition coefficient (Wildman–Crippen LogP) is 0.599. The van der Waals surface area contributed by atoms with Gasteiger partial charge in [-0.25, -0.2) is 4.79 Å². The Bertz CT molecular complexity index is 142. The van der Waals surface area contributed by atoms with Gasteiger partial charge >= 0.3 is 6.03 Å². The summed E-state index contributed by atoms with van der Waals surface area (Å²) in [7, 11) is 3.74. The van der Waals surface area contributed by atoms with Gasteiger partial charge < -0.3 is 15.1 Å². The molecule has 2 amide bonds. The molecule has 78 valence electrons. The molecule has 0 aliphatic carbocycles. The van der Waals surface area contributed by atoms with Crippen LogP contribution in [0.25, 0.3) is 0 Å². The van der Waals surface area contributed by atoms with Gasteiger partial charge in [-0.1, -0.05) is 13.8 Å². The van der Waals surface area contributed by atoms with Crippen LogP contribution >= 0.6 is 0 Å². The molecule has 0 aromatic rings. The van der Waals surface area contributed by atoms with Gasteiger partial charge in [-0.2, -0.15) is 0 Å². The van der Waals surface area contributed by atoms with E-state index in [9.17, 15) is 4.79 Å². The first-order valence-electron chi connectivity index (χ1n) is 4.89. The first kappa shape index (κ1) is 12.2. The van der Waals surface area contributed by atoms with Gasteiger partial charge in [-0.3, -0.25) is 0 Å². The summed E-state index contributed by atoms with van der Waals surface area (Å²) in [6.07, 6.45) is 0. The van der Waals surface area contributed by atoms with E-state index in [1.165, 1.54) is 0 Å². The molecule has 0 spiro atoms. The summed E-state index contributed by atoms with van der Waals surface area (Å²) in [6.45, 7) is 7.65. The number of rotatable bonds is 0. The number of nitrogens with one attached hydrogen (secondary N) is 1. The van der Waals surface area contributed by atoms with Crippen molar-refractivity contribution >= 4 is 6.03 Å². The number of carbonyl (C=O) groups excluding carboxylic acids is 1. The third-order valence-corrected chi connectivity index (χ3v) is 2.00. The van der Waals surface area contributed by atoms with Crippen molar-refractivity contribution in [3.63, 3.8) is 0 Å². The van der Waals surface area contributed by atoms with Crippen LogP contribution in [0.4, 0.5) is 4.79 Å². The molecule has 0 unspecified atom stereocenters. The lowest BCUT2D eigenvalue weighted by molar-refractivity contribution is 0.156. The number of likely N-dealkylation sites (N-methyl/N-ethyl adjacent to an activating group) is 1. The molecule has 0 atom stereocenters. The zero-order valence-electron chi connectivity index (χ0n) is 9.13. The number of nitrogens with zero attached hydrogens (tertiary/aromatic N) is 2. The average molecular weight is 187 g/mol. The largest absolute Gasteiger partial charge is 0.341 e. The number of amides is 2. The molecule has 0 saturated carbocycles. The highest BCUT2D eigenvalue weighted by atomic mass is 16.2. The Balaban J connectivity index is 0.000000671. The number of piperazine rings is 1. The van der Waals surface area contributed by atoms with Crippen molar-refractivity contribution in [1.29, 1.82) is 0 Å². The van der Waals surface area contributed by atoms with Crippen molar-refractivity contribution in [3.8, 4) is 0 Å². The predicted molar refractivity (Wildman–Crippen MR) is 54.9 cm³/mol. The molecule has 4 nitrogen and oxygen atoms in total. The molecule has 1 fully saturated rings. The molecule has 1 heterocycles. The van der Waals surface area contributed by atoms with Gasteiger partial charge in [0, 0.05) is 33.2 Å². The van der Waals surface area contributed by atoms with Crippen molar-refractivity contribution in [3.05, 3.63) is 0 Å². The van der Waals surface area contributed by atoms with E-state index in [1.54, 1.807) is 7.05 Å². The molecule has 0 radical (unpaired) electrons. The fraction of sp³-hybridized carbons (Fsp3) is 0.889. The van der Waals surface area contributed by atoms with E-state index in [2.05, 4.69) is 17.3 Å². The van der Waals surface area contributed by atoms with Crippen LogP contribution < -0.4 is 5.32 Å². The Kier molecular flexibility index (Phi) is 6.32. The monoisotopic (exact) mass is 187 g/mol. The van der Waals surface area contributed by atoms with Crippen molar-refractivity contribution in [2.75, 3.05) is 40.3 Å². The van der Waals surface area contributed by atoms with Crippen molar-refractivity contribution in [1.82, 2.24) is 15.1 Å². The summed E-state index contributed by atoms with van der Waals surface area (Å²) < 4.78 is 0. The number of hydrogen-bond acceptors (Lipinski definition) is 2. The normalized spacial score (nSPS) is 17.4. The van der Waals surface area contributed by atoms with Gasteiger partial charge in [-0.15, -0.1) is 0 Å². The highest BCUT2D eigenvalue weighted by Gasteiger charge is 2.16. The standard InChI is InChI=1S/C7H15N3O.C2H6/c1-8-7(11)10-5-3-9(2)4-6-10;1-2/h3-6H2,1-2H3,(H,8,11);1-2H3. The zero-order valence-corrected chi connectivity index (χ0v) is 9.13. The van der Waals surface area contributed by atoms with Crippen LogP contribution in [0.3, 0.4) is 0 Å². The van der Waals surface area contributed by atoms with Gasteiger partial charge in [0.25, 0.3) is 0 Å². The van der Waals surface area contributed by atoms with Crippen LogP contribution in [0.15, 0.2) is 0 Å². The smallest absolute Gasteiger partial charge is 0.317 e. The fourth-order valence-corrected chi connectivity index (χ4v) is 1.17. The highest BCUT2D eigenvalue weighted by molar-refractivity contribution is 5.73. The number of carbonyl (C=O) groups is 1. The van der Waals surface area contributed by atoms with Crippen molar-refractivity contribution < 1.29 is 4.79 Å². The van der Waals surface area contributed by atoms with Crippen LogP contribution in [0.5, 0.6) is 0 Å². The van der Waals surface area contributed by atoms with E-state index in [0.29, 0.717) is 0 Å². The van der Waals surface area contributed by atoms with E-state index < -0.39 is 0 Å². The van der Waals surface area contributed by atoms with E-state index in [-0.39, 0.29) is 6.03 Å². The summed E-state index contributed by atoms with van der Waals surface area (Å²) in [5.74, 6) is 0. The van der Waals surface area contributed by atoms with Crippen LogP contribution in [0, 0.1) is 0 Å². The quantitative estimate of drug-likeness (QED) is 0.603. The molecule has 0 aromatic heterocycles. The minimum atomic E-state index is 0.0399. The molecule has 1 rings (SSSR count). The van der Waals surface area contributed by atoms with Gasteiger partial charge in [0.1, 0.15) is 0 Å². The molecule has 1 saturated heterocycles. The topological polar surface area (TPSA) is 35.6 Å². The van der Waals surface area contributed by atoms with Gasteiger partial charge in [0.2, 0.25) is 0 Å². The maximum Gasteiger partial charge on any atom is 0.317 e. The Hall–Kier alpha value is -0.770. The van der Waals surface area contributed by atoms with Gasteiger partial charge in [0.05, 0.1) is 0 Å². The van der Waals surface area contributed by atoms with E-state index in [0.717, 1.165) is 26.2 Å². The molecular weight excluding hydrogens is 166 g/mol. The summed E-state index contributed by atoms with van der Waals surface area (Å²) in [5.41, 5.74) is 0. The number of hydrogen-bond donors (Lipinski definition) is 1. The second-order valence-electron chi connectivity index (χ2n) is 2.85. The first-order chi connectivity index (χ1) is 6.24. The Morgan fingerprint density at radius 3 is 2.00 bits per heavy atom. The average Bonchev–Trinajstić information content (AvgIpc) is 2.21. The third-order valence-electron chi connectivity index (χ3n) is 2.00. The van der Waals surface area contributed by atoms with E-state index in [4.69, 9.17) is 0 Å². The Morgan fingerprint density at radius 1 is 1.15 bits per heavy atom. The summed E-state index contributed by atoms with van der Waals surface area (Å²) >= 11 is 0. The third kappa shape index (κ3) is 4.12. The van der Waals surface area contributed by atoms with Crippen LogP contribution in [-0.4, -0.2) is 56.1 Å². The Morgan fingerprint density at radius 2 is 1.62 bits per heavy atom. The molecule has 0 bridgehead atoms. The van der Waals surface area contributed by atoms with Crippen LogP contribution in [-0.2, 0) is 0 Å². The summed E-state index contributed by atoms with van der Waals surface area (Å²) in [6, 6.07) is 0.0399. The maximum absolute atomic E-state index is 11.1. The SMILES string of the molecule is CC.CNC(=O)N1CCN(C)CC1. The number of urea groups is 1. The van der Waals surface area contributed by atoms with Crippen LogP contribution in [0.2, 0.25) is 0 Å². The molecule has 13 heavy (non-hydrogen) atoms. The lowest BCUT2D eigenvalue weighted by Gasteiger charge is -2.31. The minimum absolute atomic E-state index is 0.0399. The van der Waals surface area contributed by atoms with E-state index >= 15 is 0 Å². The molecule has 1 aliphatic rings. The van der Waals surface area contributed by atoms with Gasteiger partial charge in [-0.05, 0) is 7.05 Å². The molecule has 0 aromatic carbocycles. The first-order valence-corrected chi connectivity index (χ1v) is 4.89. The Labute approximate surface area is 80.9 Å². The lowest BCUT2D eigenvalue weighted by Crippen LogP contribution is -2.49. The second kappa shape index (κ2) is 6.71. The molecule has 1 N–H and O–H groups in total. The lowest BCUT2D eigenvalue weighted by atomic mass is 10.3. The summed E-state index contributed by atoms with van der Waals surface area (Å²) in [5, 5.41) is 2.62.